The molecule has 0 radical (unpaired) electrons. The molecule has 1 aromatic heterocycles. The molecule has 0 saturated carbocycles. The van der Waals surface area contributed by atoms with Crippen molar-refractivity contribution in [3.8, 4) is 0 Å². The van der Waals surface area contributed by atoms with Crippen molar-refractivity contribution in [3.05, 3.63) is 18.0 Å². The van der Waals surface area contributed by atoms with E-state index in [1.54, 1.807) is 10.9 Å². The maximum Gasteiger partial charge on any atom is 0.325 e. The van der Waals surface area contributed by atoms with Gasteiger partial charge in [0, 0.05) is 6.20 Å². The Morgan fingerprint density at radius 1 is 1.59 bits per heavy atom. The molecule has 1 heterocycles. The fourth-order valence-corrected chi connectivity index (χ4v) is 1.34. The van der Waals surface area contributed by atoms with E-state index in [4.69, 9.17) is 10.5 Å². The second-order valence-corrected chi connectivity index (χ2v) is 5.06. The van der Waals surface area contributed by atoms with Crippen molar-refractivity contribution >= 4 is 5.97 Å². The number of nitrogens with two attached hydrogens (primary N) is 1. The van der Waals surface area contributed by atoms with E-state index in [1.165, 1.54) is 0 Å². The lowest BCUT2D eigenvalue weighted by molar-refractivity contribution is -0.156. The maximum absolute atomic E-state index is 11.7. The van der Waals surface area contributed by atoms with Crippen LogP contribution in [0.15, 0.2) is 12.4 Å². The lowest BCUT2D eigenvalue weighted by Gasteiger charge is -2.22. The van der Waals surface area contributed by atoms with Gasteiger partial charge < -0.3 is 10.5 Å². The highest BCUT2D eigenvalue weighted by molar-refractivity contribution is 5.75. The van der Waals surface area contributed by atoms with Crippen molar-refractivity contribution in [2.24, 2.45) is 5.73 Å². The smallest absolute Gasteiger partial charge is 0.325 e. The summed E-state index contributed by atoms with van der Waals surface area (Å²) in [6.45, 7) is 7.85. The maximum atomic E-state index is 11.7. The van der Waals surface area contributed by atoms with Crippen molar-refractivity contribution in [1.29, 1.82) is 0 Å². The number of ether oxygens (including phenoxy) is 1. The van der Waals surface area contributed by atoms with Gasteiger partial charge in [-0.15, -0.1) is 0 Å². The van der Waals surface area contributed by atoms with Gasteiger partial charge in [-0.05, 0) is 32.8 Å². The number of hydrogen-bond donors (Lipinski definition) is 1. The summed E-state index contributed by atoms with van der Waals surface area (Å²) in [5, 5.41) is 4.13. The molecular weight excluding hydrogens is 218 g/mol. The van der Waals surface area contributed by atoms with E-state index in [2.05, 4.69) is 12.0 Å². The van der Waals surface area contributed by atoms with Crippen LogP contribution in [0.3, 0.4) is 0 Å². The molecule has 0 aromatic carbocycles. The topological polar surface area (TPSA) is 70.1 Å². The molecule has 0 amide bonds. The number of aromatic nitrogens is 2. The fraction of sp³-hybridized carbons (Fsp3) is 0.667. The highest BCUT2D eigenvalue weighted by Crippen LogP contribution is 2.08. The molecule has 1 unspecified atom stereocenters. The van der Waals surface area contributed by atoms with E-state index in [-0.39, 0.29) is 0 Å². The minimum absolute atomic E-state index is 0.342. The fourth-order valence-electron chi connectivity index (χ4n) is 1.34. The van der Waals surface area contributed by atoms with Crippen LogP contribution in [0.4, 0.5) is 0 Å². The van der Waals surface area contributed by atoms with Gasteiger partial charge in [0.1, 0.15) is 11.6 Å². The first-order chi connectivity index (χ1) is 7.81. The standard InChI is InChI=1S/C12H21N3O2/c1-5-9-6-14-15(7-9)8-10(13)11(16)17-12(2,3)4/h6-7,10H,5,8,13H2,1-4H3. The minimum atomic E-state index is -0.682. The first-order valence-corrected chi connectivity index (χ1v) is 5.81. The van der Waals surface area contributed by atoms with E-state index >= 15 is 0 Å². The number of hydrogen-bond acceptors (Lipinski definition) is 4. The molecule has 96 valence electrons. The van der Waals surface area contributed by atoms with Gasteiger partial charge in [0.05, 0.1) is 12.7 Å². The lowest BCUT2D eigenvalue weighted by atomic mass is 10.2. The molecular formula is C12H21N3O2. The van der Waals surface area contributed by atoms with Crippen molar-refractivity contribution in [3.63, 3.8) is 0 Å². The van der Waals surface area contributed by atoms with Gasteiger partial charge in [-0.3, -0.25) is 9.48 Å². The molecule has 0 aliphatic rings. The van der Waals surface area contributed by atoms with Crippen molar-refractivity contribution in [2.75, 3.05) is 0 Å². The summed E-state index contributed by atoms with van der Waals surface area (Å²) in [7, 11) is 0. The largest absolute Gasteiger partial charge is 0.459 e. The van der Waals surface area contributed by atoms with E-state index < -0.39 is 17.6 Å². The van der Waals surface area contributed by atoms with Crippen molar-refractivity contribution < 1.29 is 9.53 Å². The minimum Gasteiger partial charge on any atom is -0.459 e. The molecule has 17 heavy (non-hydrogen) atoms. The van der Waals surface area contributed by atoms with Gasteiger partial charge in [0.15, 0.2) is 0 Å². The monoisotopic (exact) mass is 239 g/mol. The van der Waals surface area contributed by atoms with Crippen LogP contribution in [0.2, 0.25) is 0 Å². The Kier molecular flexibility index (Phi) is 4.28. The second-order valence-electron chi connectivity index (χ2n) is 5.06. The number of nitrogens with zero attached hydrogens (tertiary/aromatic N) is 2. The summed E-state index contributed by atoms with van der Waals surface area (Å²) < 4.78 is 6.87. The summed E-state index contributed by atoms with van der Waals surface area (Å²) in [6, 6.07) is -0.682. The average molecular weight is 239 g/mol. The van der Waals surface area contributed by atoms with Crippen LogP contribution in [0.1, 0.15) is 33.3 Å². The number of aryl methyl sites for hydroxylation is 1. The van der Waals surface area contributed by atoms with Crippen LogP contribution in [0, 0.1) is 0 Å². The zero-order chi connectivity index (χ0) is 13.1. The Labute approximate surface area is 102 Å². The number of carbonyl (C=O) groups is 1. The van der Waals surface area contributed by atoms with Crippen molar-refractivity contribution in [1.82, 2.24) is 9.78 Å². The first kappa shape index (κ1) is 13.7. The molecule has 5 nitrogen and oxygen atoms in total. The Morgan fingerprint density at radius 2 is 2.24 bits per heavy atom. The third kappa shape index (κ3) is 4.56. The number of rotatable bonds is 4. The Balaban J connectivity index is 2.54. The van der Waals surface area contributed by atoms with Crippen LogP contribution >= 0.6 is 0 Å². The van der Waals surface area contributed by atoms with E-state index in [9.17, 15) is 4.79 Å². The molecule has 0 aliphatic carbocycles. The molecule has 0 aliphatic heterocycles. The van der Waals surface area contributed by atoms with Gasteiger partial charge in [-0.2, -0.15) is 5.10 Å². The Morgan fingerprint density at radius 3 is 2.71 bits per heavy atom. The summed E-state index contributed by atoms with van der Waals surface area (Å²) in [5.74, 6) is -0.397. The third-order valence-corrected chi connectivity index (χ3v) is 2.19. The molecule has 1 atom stereocenters. The molecule has 0 bridgehead atoms. The van der Waals surface area contributed by atoms with E-state index in [0.717, 1.165) is 12.0 Å². The Bertz CT molecular complexity index is 379. The predicted molar refractivity (Wildman–Crippen MR) is 65.4 cm³/mol. The molecule has 0 spiro atoms. The van der Waals surface area contributed by atoms with Crippen LogP contribution in [-0.2, 0) is 22.5 Å². The summed E-state index contributed by atoms with van der Waals surface area (Å²) >= 11 is 0. The summed E-state index contributed by atoms with van der Waals surface area (Å²) in [6.07, 6.45) is 4.59. The zero-order valence-corrected chi connectivity index (χ0v) is 10.9. The SMILES string of the molecule is CCc1cnn(CC(N)C(=O)OC(C)(C)C)c1. The molecule has 2 N–H and O–H groups in total. The molecule has 5 heteroatoms. The number of esters is 1. The quantitative estimate of drug-likeness (QED) is 0.799. The lowest BCUT2D eigenvalue weighted by Crippen LogP contribution is -2.40. The molecule has 1 aromatic rings. The van der Waals surface area contributed by atoms with Gasteiger partial charge in [0.2, 0.25) is 0 Å². The van der Waals surface area contributed by atoms with E-state index in [1.807, 2.05) is 27.0 Å². The van der Waals surface area contributed by atoms with Gasteiger partial charge in [-0.25, -0.2) is 0 Å². The second kappa shape index (κ2) is 5.31. The summed E-state index contributed by atoms with van der Waals surface area (Å²) in [5.41, 5.74) is 6.39. The van der Waals surface area contributed by atoms with Crippen LogP contribution in [-0.4, -0.2) is 27.4 Å². The zero-order valence-electron chi connectivity index (χ0n) is 10.9. The van der Waals surface area contributed by atoms with Gasteiger partial charge in [-0.1, -0.05) is 6.92 Å². The van der Waals surface area contributed by atoms with Crippen LogP contribution in [0.5, 0.6) is 0 Å². The van der Waals surface area contributed by atoms with Gasteiger partial charge in [0.25, 0.3) is 0 Å². The molecule has 0 saturated heterocycles. The van der Waals surface area contributed by atoms with Crippen LogP contribution < -0.4 is 5.73 Å². The predicted octanol–water partition coefficient (Wildman–Crippen LogP) is 1.11. The molecule has 1 rings (SSSR count). The summed E-state index contributed by atoms with van der Waals surface area (Å²) in [4.78, 5) is 11.7. The van der Waals surface area contributed by atoms with E-state index in [0.29, 0.717) is 6.54 Å². The average Bonchev–Trinajstić information content (AvgIpc) is 2.62. The van der Waals surface area contributed by atoms with Crippen LogP contribution in [0.25, 0.3) is 0 Å². The molecule has 0 fully saturated rings. The normalized spacial score (nSPS) is 13.5. The highest BCUT2D eigenvalue weighted by Gasteiger charge is 2.22. The third-order valence-electron chi connectivity index (χ3n) is 2.19. The van der Waals surface area contributed by atoms with Crippen molar-refractivity contribution in [2.45, 2.75) is 52.3 Å². The Hall–Kier alpha value is -1.36. The first-order valence-electron chi connectivity index (χ1n) is 5.81. The number of carbonyl (C=O) groups excluding carboxylic acids is 1. The van der Waals surface area contributed by atoms with Gasteiger partial charge >= 0.3 is 5.97 Å². The highest BCUT2D eigenvalue weighted by atomic mass is 16.6.